The Morgan fingerprint density at radius 2 is 1.78 bits per heavy atom. The molecule has 2 aromatic carbocycles. The molecular weight excluding hydrogens is 360 g/mol. The molecular formula is C21H22N2O3S. The maximum atomic E-state index is 12.4. The number of carbonyl (C=O) groups is 2. The molecule has 140 valence electrons. The van der Waals surface area contributed by atoms with Gasteiger partial charge in [-0.3, -0.25) is 4.79 Å². The van der Waals surface area contributed by atoms with Gasteiger partial charge in [-0.2, -0.15) is 4.99 Å². The van der Waals surface area contributed by atoms with Crippen LogP contribution in [0.5, 0.6) is 0 Å². The average Bonchev–Trinajstić information content (AvgIpc) is 2.97. The van der Waals surface area contributed by atoms with E-state index in [1.807, 2.05) is 41.9 Å². The number of ether oxygens (including phenoxy) is 1. The van der Waals surface area contributed by atoms with Crippen LogP contribution in [-0.4, -0.2) is 23.1 Å². The van der Waals surface area contributed by atoms with E-state index in [1.165, 1.54) is 16.9 Å². The summed E-state index contributed by atoms with van der Waals surface area (Å²) in [5, 5.41) is 0. The van der Waals surface area contributed by atoms with Crippen molar-refractivity contribution in [2.24, 2.45) is 12.0 Å². The third-order valence-electron chi connectivity index (χ3n) is 4.33. The van der Waals surface area contributed by atoms with Crippen molar-refractivity contribution >= 4 is 33.4 Å². The summed E-state index contributed by atoms with van der Waals surface area (Å²) in [5.74, 6) is -0.535. The first-order chi connectivity index (χ1) is 13.0. The zero-order chi connectivity index (χ0) is 19.4. The van der Waals surface area contributed by atoms with E-state index in [-0.39, 0.29) is 18.3 Å². The highest BCUT2D eigenvalue weighted by atomic mass is 32.1. The van der Waals surface area contributed by atoms with Crippen molar-refractivity contribution in [2.75, 3.05) is 6.61 Å². The number of hydrogen-bond acceptors (Lipinski definition) is 4. The monoisotopic (exact) mass is 382 g/mol. The topological polar surface area (TPSA) is 60.7 Å². The molecule has 27 heavy (non-hydrogen) atoms. The number of hydrogen-bond donors (Lipinski definition) is 0. The second kappa shape index (κ2) is 8.31. The molecule has 3 rings (SSSR count). The Bertz CT molecular complexity index is 1050. The molecule has 0 aliphatic heterocycles. The van der Waals surface area contributed by atoms with Crippen LogP contribution in [0.2, 0.25) is 0 Å². The standard InChI is InChI=1S/C21H22N2O3S/c1-4-14-6-8-15(9-7-14)12-19(24)22-21-23(3)17-11-10-16(13-18(17)27-21)20(25)26-5-2/h6-11,13H,4-5,12H2,1-3H3. The lowest BCUT2D eigenvalue weighted by Crippen LogP contribution is -2.14. The second-order valence-electron chi connectivity index (χ2n) is 6.20. The van der Waals surface area contributed by atoms with Gasteiger partial charge in [-0.05, 0) is 42.7 Å². The minimum absolute atomic E-state index is 0.188. The summed E-state index contributed by atoms with van der Waals surface area (Å²) in [5.41, 5.74) is 3.62. The summed E-state index contributed by atoms with van der Waals surface area (Å²) in [4.78, 5) is 29.2. The van der Waals surface area contributed by atoms with Crippen molar-refractivity contribution in [3.05, 3.63) is 64.0 Å². The van der Waals surface area contributed by atoms with E-state index in [9.17, 15) is 9.59 Å². The first-order valence-electron chi connectivity index (χ1n) is 8.94. The molecule has 0 N–H and O–H groups in total. The number of benzene rings is 2. The number of nitrogens with zero attached hydrogens (tertiary/aromatic N) is 2. The van der Waals surface area contributed by atoms with Gasteiger partial charge in [0.25, 0.3) is 5.91 Å². The highest BCUT2D eigenvalue weighted by Gasteiger charge is 2.11. The van der Waals surface area contributed by atoms with Crippen molar-refractivity contribution in [3.8, 4) is 0 Å². The number of aromatic nitrogens is 1. The largest absolute Gasteiger partial charge is 0.462 e. The van der Waals surface area contributed by atoms with E-state index in [1.54, 1.807) is 19.1 Å². The van der Waals surface area contributed by atoms with Gasteiger partial charge in [0, 0.05) is 7.05 Å². The smallest absolute Gasteiger partial charge is 0.338 e. The Kier molecular flexibility index (Phi) is 5.86. The second-order valence-corrected chi connectivity index (χ2v) is 7.21. The molecule has 1 heterocycles. The SMILES string of the molecule is CCOC(=O)c1ccc2c(c1)sc(=NC(=O)Cc1ccc(CC)cc1)n2C. The molecule has 6 heteroatoms. The Labute approximate surface area is 161 Å². The number of fused-ring (bicyclic) bond motifs is 1. The maximum absolute atomic E-state index is 12.4. The Hall–Kier alpha value is -2.73. The number of esters is 1. The van der Waals surface area contributed by atoms with Gasteiger partial charge in [0.05, 0.1) is 28.8 Å². The van der Waals surface area contributed by atoms with Crippen molar-refractivity contribution in [3.63, 3.8) is 0 Å². The predicted octanol–water partition coefficient (Wildman–Crippen LogP) is 3.65. The number of thiazole rings is 1. The Morgan fingerprint density at radius 3 is 2.44 bits per heavy atom. The van der Waals surface area contributed by atoms with Gasteiger partial charge in [-0.15, -0.1) is 0 Å². The van der Waals surface area contributed by atoms with Crippen LogP contribution in [-0.2, 0) is 29.4 Å². The molecule has 0 radical (unpaired) electrons. The summed E-state index contributed by atoms with van der Waals surface area (Å²) < 4.78 is 7.80. The third kappa shape index (κ3) is 4.34. The van der Waals surface area contributed by atoms with Gasteiger partial charge in [0.1, 0.15) is 0 Å². The Balaban J connectivity index is 1.87. The number of rotatable bonds is 5. The molecule has 0 aliphatic rings. The first-order valence-corrected chi connectivity index (χ1v) is 9.75. The zero-order valence-corrected chi connectivity index (χ0v) is 16.5. The summed E-state index contributed by atoms with van der Waals surface area (Å²) in [6, 6.07) is 13.4. The highest BCUT2D eigenvalue weighted by molar-refractivity contribution is 7.16. The molecule has 0 saturated heterocycles. The van der Waals surface area contributed by atoms with Crippen LogP contribution in [0.15, 0.2) is 47.5 Å². The molecule has 3 aromatic rings. The van der Waals surface area contributed by atoms with E-state index in [2.05, 4.69) is 11.9 Å². The van der Waals surface area contributed by atoms with E-state index in [4.69, 9.17) is 4.74 Å². The summed E-state index contributed by atoms with van der Waals surface area (Å²) >= 11 is 1.39. The van der Waals surface area contributed by atoms with Gasteiger partial charge in [0.15, 0.2) is 4.80 Å². The molecule has 0 aliphatic carbocycles. The average molecular weight is 382 g/mol. The molecule has 0 unspecified atom stereocenters. The molecule has 0 saturated carbocycles. The quantitative estimate of drug-likeness (QED) is 0.633. The van der Waals surface area contributed by atoms with E-state index in [0.29, 0.717) is 17.0 Å². The molecule has 1 aromatic heterocycles. The van der Waals surface area contributed by atoms with E-state index >= 15 is 0 Å². The van der Waals surface area contributed by atoms with Crippen LogP contribution in [0.1, 0.15) is 35.3 Å². The lowest BCUT2D eigenvalue weighted by molar-refractivity contribution is -0.117. The summed E-state index contributed by atoms with van der Waals surface area (Å²) in [7, 11) is 1.87. The van der Waals surface area contributed by atoms with Crippen molar-refractivity contribution < 1.29 is 14.3 Å². The third-order valence-corrected chi connectivity index (χ3v) is 5.42. The lowest BCUT2D eigenvalue weighted by atomic mass is 10.1. The molecule has 0 bridgehead atoms. The van der Waals surface area contributed by atoms with Crippen molar-refractivity contribution in [1.29, 1.82) is 0 Å². The molecule has 0 spiro atoms. The van der Waals surface area contributed by atoms with Gasteiger partial charge in [-0.25, -0.2) is 4.79 Å². The first kappa shape index (κ1) is 19.0. The van der Waals surface area contributed by atoms with Crippen molar-refractivity contribution in [1.82, 2.24) is 4.57 Å². The van der Waals surface area contributed by atoms with Crippen LogP contribution in [0, 0.1) is 0 Å². The number of amides is 1. The van der Waals surface area contributed by atoms with Crippen LogP contribution >= 0.6 is 11.3 Å². The van der Waals surface area contributed by atoms with Gasteiger partial charge in [-0.1, -0.05) is 42.5 Å². The lowest BCUT2D eigenvalue weighted by Gasteiger charge is -2.01. The highest BCUT2D eigenvalue weighted by Crippen LogP contribution is 2.19. The van der Waals surface area contributed by atoms with Crippen LogP contribution in [0.4, 0.5) is 0 Å². The van der Waals surface area contributed by atoms with Gasteiger partial charge in [0.2, 0.25) is 0 Å². The predicted molar refractivity (Wildman–Crippen MR) is 107 cm³/mol. The molecule has 0 atom stereocenters. The van der Waals surface area contributed by atoms with Gasteiger partial charge >= 0.3 is 5.97 Å². The normalized spacial score (nSPS) is 11.7. The van der Waals surface area contributed by atoms with Gasteiger partial charge < -0.3 is 9.30 Å². The minimum Gasteiger partial charge on any atom is -0.462 e. The van der Waals surface area contributed by atoms with Crippen LogP contribution in [0.3, 0.4) is 0 Å². The molecule has 5 nitrogen and oxygen atoms in total. The fourth-order valence-electron chi connectivity index (χ4n) is 2.80. The number of aryl methyl sites for hydroxylation is 2. The molecule has 0 fully saturated rings. The number of carbonyl (C=O) groups excluding carboxylic acids is 2. The van der Waals surface area contributed by atoms with Crippen LogP contribution in [0.25, 0.3) is 10.2 Å². The Morgan fingerprint density at radius 1 is 1.07 bits per heavy atom. The summed E-state index contributed by atoms with van der Waals surface area (Å²) in [6.07, 6.45) is 1.25. The maximum Gasteiger partial charge on any atom is 0.338 e. The van der Waals surface area contributed by atoms with Crippen molar-refractivity contribution in [2.45, 2.75) is 26.7 Å². The fraction of sp³-hybridized carbons (Fsp3) is 0.286. The van der Waals surface area contributed by atoms with Crippen LogP contribution < -0.4 is 4.80 Å². The molecule has 1 amide bonds. The minimum atomic E-state index is -0.347. The summed E-state index contributed by atoms with van der Waals surface area (Å²) in [6.45, 7) is 4.22. The van der Waals surface area contributed by atoms with E-state index in [0.717, 1.165) is 22.2 Å². The van der Waals surface area contributed by atoms with E-state index < -0.39 is 0 Å². The fourth-order valence-corrected chi connectivity index (χ4v) is 3.87. The zero-order valence-electron chi connectivity index (χ0n) is 15.7.